The van der Waals surface area contributed by atoms with E-state index in [9.17, 15) is 38.4 Å². The minimum absolute atomic E-state index is 0.112. The first kappa shape index (κ1) is 51.2. The van der Waals surface area contributed by atoms with E-state index < -0.39 is 122 Å². The van der Waals surface area contributed by atoms with Crippen molar-refractivity contribution >= 4 is 47.8 Å². The van der Waals surface area contributed by atoms with Crippen molar-refractivity contribution in [1.82, 2.24) is 0 Å². The van der Waals surface area contributed by atoms with Gasteiger partial charge in [-0.3, -0.25) is 38.4 Å². The van der Waals surface area contributed by atoms with Crippen LogP contribution in [0.4, 0.5) is 0 Å². The van der Waals surface area contributed by atoms with Gasteiger partial charge in [-0.05, 0) is 29.8 Å². The zero-order valence-electron chi connectivity index (χ0n) is 37.9. The molecule has 0 unspecified atom stereocenters. The minimum atomic E-state index is -1.45. The third kappa shape index (κ3) is 13.5. The second-order valence-electron chi connectivity index (χ2n) is 14.9. The fourth-order valence-corrected chi connectivity index (χ4v) is 7.64. The lowest BCUT2D eigenvalue weighted by Crippen LogP contribution is -2.59. The maximum Gasteiger partial charge on any atom is 0.303 e. The Hall–Kier alpha value is -6.48. The maximum absolute atomic E-state index is 12.6. The second-order valence-corrected chi connectivity index (χ2v) is 14.9. The van der Waals surface area contributed by atoms with Gasteiger partial charge in [0.25, 0.3) is 0 Å². The van der Waals surface area contributed by atoms with Crippen LogP contribution in [-0.2, 0) is 92.1 Å². The van der Waals surface area contributed by atoms with E-state index in [0.29, 0.717) is 16.7 Å². The topological polar surface area (TPSA) is 257 Å². The van der Waals surface area contributed by atoms with E-state index in [1.54, 1.807) is 30.3 Å². The van der Waals surface area contributed by atoms with Crippen LogP contribution in [0, 0.1) is 0 Å². The van der Waals surface area contributed by atoms with Crippen LogP contribution in [0.25, 0.3) is 0 Å². The van der Waals surface area contributed by atoms with Crippen molar-refractivity contribution in [3.8, 4) is 17.2 Å². The summed E-state index contributed by atoms with van der Waals surface area (Å²) in [5.41, 5.74) is 1.64. The Bertz CT molecular complexity index is 2100. The molecule has 0 spiro atoms. The van der Waals surface area contributed by atoms with E-state index in [4.69, 9.17) is 61.6 Å². The van der Waals surface area contributed by atoms with Gasteiger partial charge in [0.15, 0.2) is 36.6 Å². The number of hydrogen-bond acceptors (Lipinski definition) is 21. The van der Waals surface area contributed by atoms with E-state index in [-0.39, 0.29) is 29.2 Å². The van der Waals surface area contributed by atoms with Crippen molar-refractivity contribution in [2.75, 3.05) is 34.5 Å². The molecule has 0 saturated carbocycles. The van der Waals surface area contributed by atoms with Crippen LogP contribution in [0.1, 0.15) is 89.9 Å². The number of methoxy groups -OCH3 is 3. The summed E-state index contributed by atoms with van der Waals surface area (Å²) in [4.78, 5) is 98.6. The first-order chi connectivity index (χ1) is 30.7. The Morgan fingerprint density at radius 1 is 0.431 bits per heavy atom. The summed E-state index contributed by atoms with van der Waals surface area (Å²) in [6, 6.07) is 8.21. The smallest absolute Gasteiger partial charge is 0.303 e. The molecule has 2 aromatic carbocycles. The lowest BCUT2D eigenvalue weighted by atomic mass is 9.88. The molecule has 0 aromatic heterocycles. The van der Waals surface area contributed by atoms with E-state index in [1.165, 1.54) is 28.3 Å². The Labute approximate surface area is 374 Å². The number of benzene rings is 2. The SMILES string of the molecule is COc1cc([C@@H]2O[C@H](COC(C)=O)[C@H](OC(C)=O)[C@H](OC(C)=O)[C@H]2OC(C)=O)c(OC)cc1Cc1ccc(OC)c([C@@H]2O[C@H](COC(C)=O)[C@H](OC(C)=O)[C@H](OC(C)=O)[C@H]2OC(C)=O)c1. The van der Waals surface area contributed by atoms with Gasteiger partial charge in [0.05, 0.1) is 21.3 Å². The van der Waals surface area contributed by atoms with Crippen LogP contribution in [0.5, 0.6) is 17.2 Å². The van der Waals surface area contributed by atoms with Gasteiger partial charge in [-0.2, -0.15) is 0 Å². The number of esters is 8. The Morgan fingerprint density at radius 2 is 0.800 bits per heavy atom. The van der Waals surface area contributed by atoms with E-state index in [2.05, 4.69) is 0 Å². The highest BCUT2D eigenvalue weighted by molar-refractivity contribution is 5.70. The summed E-state index contributed by atoms with van der Waals surface area (Å²) >= 11 is 0. The highest BCUT2D eigenvalue weighted by Gasteiger charge is 2.55. The van der Waals surface area contributed by atoms with Gasteiger partial charge in [-0.25, -0.2) is 0 Å². The van der Waals surface area contributed by atoms with Crippen molar-refractivity contribution in [1.29, 1.82) is 0 Å². The van der Waals surface area contributed by atoms with Crippen molar-refractivity contribution in [3.05, 3.63) is 52.6 Å². The van der Waals surface area contributed by atoms with Gasteiger partial charge >= 0.3 is 47.8 Å². The Balaban J connectivity index is 1.87. The van der Waals surface area contributed by atoms with E-state index >= 15 is 0 Å². The minimum Gasteiger partial charge on any atom is -0.496 e. The van der Waals surface area contributed by atoms with Gasteiger partial charge in [-0.15, -0.1) is 0 Å². The summed E-state index contributed by atoms with van der Waals surface area (Å²) in [5.74, 6) is -5.44. The fraction of sp³-hybridized carbons (Fsp3) is 0.545. The molecule has 356 valence electrons. The van der Waals surface area contributed by atoms with Gasteiger partial charge in [-0.1, -0.05) is 6.07 Å². The molecule has 21 nitrogen and oxygen atoms in total. The lowest BCUT2D eigenvalue weighted by molar-refractivity contribution is -0.254. The van der Waals surface area contributed by atoms with Crippen LogP contribution in [0.15, 0.2) is 30.3 Å². The highest BCUT2D eigenvalue weighted by atomic mass is 16.7. The van der Waals surface area contributed by atoms with Crippen molar-refractivity contribution in [2.24, 2.45) is 0 Å². The van der Waals surface area contributed by atoms with Crippen LogP contribution < -0.4 is 14.2 Å². The molecule has 0 N–H and O–H groups in total. The molecule has 0 aliphatic carbocycles. The van der Waals surface area contributed by atoms with Crippen LogP contribution in [0.3, 0.4) is 0 Å². The van der Waals surface area contributed by atoms with Crippen LogP contribution in [0.2, 0.25) is 0 Å². The summed E-state index contributed by atoms with van der Waals surface area (Å²) < 4.78 is 74.5. The molecule has 21 heteroatoms. The summed E-state index contributed by atoms with van der Waals surface area (Å²) in [6.45, 7) is 8.14. The maximum atomic E-state index is 12.6. The van der Waals surface area contributed by atoms with Crippen molar-refractivity contribution in [2.45, 2.75) is 123 Å². The summed E-state index contributed by atoms with van der Waals surface area (Å²) in [6.07, 6.45) is -13.5. The monoisotopic (exact) mass is 918 g/mol. The van der Waals surface area contributed by atoms with Gasteiger partial charge in [0.1, 0.15) is 54.9 Å². The largest absolute Gasteiger partial charge is 0.496 e. The molecular weight excluding hydrogens is 864 g/mol. The fourth-order valence-electron chi connectivity index (χ4n) is 7.64. The summed E-state index contributed by atoms with van der Waals surface area (Å²) in [5, 5.41) is 0. The van der Waals surface area contributed by atoms with Crippen molar-refractivity contribution < 1.29 is 99.9 Å². The first-order valence-corrected chi connectivity index (χ1v) is 20.2. The molecule has 0 radical (unpaired) electrons. The molecule has 2 aromatic rings. The van der Waals surface area contributed by atoms with E-state index in [1.807, 2.05) is 0 Å². The number of carbonyl (C=O) groups excluding carboxylic acids is 8. The average molecular weight is 919 g/mol. The summed E-state index contributed by atoms with van der Waals surface area (Å²) in [7, 11) is 4.17. The first-order valence-electron chi connectivity index (χ1n) is 20.2. The Kier molecular flexibility index (Phi) is 18.0. The zero-order valence-corrected chi connectivity index (χ0v) is 37.9. The molecule has 0 bridgehead atoms. The number of rotatable bonds is 17. The molecule has 2 heterocycles. The third-order valence-electron chi connectivity index (χ3n) is 9.92. The molecule has 65 heavy (non-hydrogen) atoms. The second kappa shape index (κ2) is 22.9. The van der Waals surface area contributed by atoms with E-state index in [0.717, 1.165) is 48.5 Å². The molecule has 4 rings (SSSR count). The number of carbonyl (C=O) groups is 8. The molecule has 2 fully saturated rings. The number of ether oxygens (including phenoxy) is 13. The number of hydrogen-bond donors (Lipinski definition) is 0. The molecule has 2 saturated heterocycles. The molecular formula is C44H54O21. The normalized spacial score (nSPS) is 24.8. The van der Waals surface area contributed by atoms with Crippen LogP contribution in [-0.4, -0.2) is 131 Å². The molecule has 2 aliphatic heterocycles. The van der Waals surface area contributed by atoms with Gasteiger partial charge in [0, 0.05) is 78.5 Å². The highest BCUT2D eigenvalue weighted by Crippen LogP contribution is 2.45. The molecule has 2 aliphatic rings. The standard InChI is InChI=1S/C44H54O21/c1-20(45)56-18-35-39(58-22(3)47)43(62-26(7)51)41(60-24(5)49)37(64-35)30-15-28(12-13-32(30)53-9)14-29-16-34(55-11)31(17-33(29)54-10)38-42(61-25(6)50)44(63-27(8)52)40(59-23(4)48)36(65-38)19-57-21(2)46/h12-13,15-17,35-44H,14,18-19H2,1-11H3/t35-,36-,37+,38+,39+,40+,41+,42+,43+,44+/m1/s1. The Morgan fingerprint density at radius 3 is 1.17 bits per heavy atom. The van der Waals surface area contributed by atoms with Gasteiger partial charge in [0.2, 0.25) is 0 Å². The predicted octanol–water partition coefficient (Wildman–Crippen LogP) is 2.90. The molecule has 0 amide bonds. The van der Waals surface area contributed by atoms with Crippen LogP contribution >= 0.6 is 0 Å². The van der Waals surface area contributed by atoms with Gasteiger partial charge < -0.3 is 61.6 Å². The predicted molar refractivity (Wildman–Crippen MR) is 217 cm³/mol. The quantitative estimate of drug-likeness (QED) is 0.163. The average Bonchev–Trinajstić information content (AvgIpc) is 3.21. The van der Waals surface area contributed by atoms with Crippen molar-refractivity contribution in [3.63, 3.8) is 0 Å². The lowest BCUT2D eigenvalue weighted by Gasteiger charge is -2.45. The third-order valence-corrected chi connectivity index (χ3v) is 9.92. The zero-order chi connectivity index (χ0) is 48.3. The molecule has 10 atom stereocenters.